The molecule has 3 aromatic heterocycles. The van der Waals surface area contributed by atoms with Crippen LogP contribution in [0.25, 0.3) is 22.2 Å². The first-order chi connectivity index (χ1) is 16.5. The van der Waals surface area contributed by atoms with Gasteiger partial charge in [-0.05, 0) is 36.4 Å². The van der Waals surface area contributed by atoms with Crippen LogP contribution in [0.4, 0.5) is 26.6 Å². The summed E-state index contributed by atoms with van der Waals surface area (Å²) in [4.78, 5) is 25.8. The molecule has 168 valence electrons. The Hall–Kier alpha value is -4.38. The Bertz CT molecular complexity index is 1480. The van der Waals surface area contributed by atoms with Crippen LogP contribution >= 0.6 is 15.9 Å². The molecule has 0 fully saturated rings. The SMILES string of the molecule is O=C(Nc1ccn[nH]1)Oc1nc2nc(Nc3ccc(F)cc3)ncc2cc1-c1ccccc1Br. The van der Waals surface area contributed by atoms with Gasteiger partial charge in [-0.3, -0.25) is 10.4 Å². The summed E-state index contributed by atoms with van der Waals surface area (Å²) in [5, 5.41) is 12.6. The number of halogens is 2. The lowest BCUT2D eigenvalue weighted by Crippen LogP contribution is -2.18. The van der Waals surface area contributed by atoms with Crippen LogP contribution in [-0.2, 0) is 0 Å². The number of nitrogens with one attached hydrogen (secondary N) is 3. The van der Waals surface area contributed by atoms with Gasteiger partial charge < -0.3 is 10.1 Å². The standard InChI is InChI=1S/C23H15BrFN7O2/c24-18-4-2-1-3-16(18)17-11-13-12-26-22(28-15-7-5-14(25)6-8-15)31-20(13)30-21(17)34-23(33)29-19-9-10-27-32-19/h1-12H,(H,26,28,30,31)(H2,27,29,32,33). The normalized spacial score (nSPS) is 10.8. The largest absolute Gasteiger partial charge is 0.419 e. The molecule has 2 aromatic carbocycles. The molecule has 0 unspecified atom stereocenters. The van der Waals surface area contributed by atoms with Crippen LogP contribution < -0.4 is 15.4 Å². The molecule has 5 rings (SSSR count). The highest BCUT2D eigenvalue weighted by Gasteiger charge is 2.18. The molecule has 0 spiro atoms. The summed E-state index contributed by atoms with van der Waals surface area (Å²) >= 11 is 3.53. The molecule has 0 atom stereocenters. The number of ether oxygens (including phenoxy) is 1. The first kappa shape index (κ1) is 21.5. The van der Waals surface area contributed by atoms with E-state index in [1.165, 1.54) is 18.3 Å². The second kappa shape index (κ2) is 9.24. The summed E-state index contributed by atoms with van der Waals surface area (Å²) in [6, 6.07) is 16.7. The Kier molecular flexibility index (Phi) is 5.83. The molecule has 1 amide bonds. The van der Waals surface area contributed by atoms with Crippen LogP contribution in [0.1, 0.15) is 0 Å². The molecular formula is C23H15BrFN7O2. The number of carbonyl (C=O) groups excluding carboxylic acids is 1. The average molecular weight is 520 g/mol. The fraction of sp³-hybridized carbons (Fsp3) is 0. The number of aromatic amines is 1. The van der Waals surface area contributed by atoms with Gasteiger partial charge in [0.05, 0.1) is 6.20 Å². The minimum atomic E-state index is -0.747. The molecule has 0 saturated heterocycles. The summed E-state index contributed by atoms with van der Waals surface area (Å²) in [6.45, 7) is 0. The van der Waals surface area contributed by atoms with Crippen molar-refractivity contribution in [2.75, 3.05) is 10.6 Å². The Labute approximate surface area is 200 Å². The highest BCUT2D eigenvalue weighted by Crippen LogP contribution is 2.36. The third-order valence-corrected chi connectivity index (χ3v) is 5.42. The fourth-order valence-corrected chi connectivity index (χ4v) is 3.67. The van der Waals surface area contributed by atoms with Crippen molar-refractivity contribution in [3.05, 3.63) is 83.3 Å². The number of hydrogen-bond donors (Lipinski definition) is 3. The monoisotopic (exact) mass is 519 g/mol. The molecule has 3 N–H and O–H groups in total. The maximum atomic E-state index is 13.2. The van der Waals surface area contributed by atoms with Gasteiger partial charge in [0.15, 0.2) is 5.65 Å². The molecule has 0 aliphatic heterocycles. The molecule has 0 radical (unpaired) electrons. The molecular weight excluding hydrogens is 505 g/mol. The first-order valence-electron chi connectivity index (χ1n) is 9.99. The van der Waals surface area contributed by atoms with Crippen LogP contribution in [0.2, 0.25) is 0 Å². The highest BCUT2D eigenvalue weighted by molar-refractivity contribution is 9.10. The summed E-state index contributed by atoms with van der Waals surface area (Å²) in [6.07, 6.45) is 2.36. The van der Waals surface area contributed by atoms with E-state index in [1.807, 2.05) is 24.3 Å². The Morgan fingerprint density at radius 1 is 1.03 bits per heavy atom. The van der Waals surface area contributed by atoms with Crippen LogP contribution in [0.3, 0.4) is 0 Å². The second-order valence-electron chi connectivity index (χ2n) is 7.04. The molecule has 34 heavy (non-hydrogen) atoms. The summed E-state index contributed by atoms with van der Waals surface area (Å²) in [5.41, 5.74) is 2.26. The van der Waals surface area contributed by atoms with Crippen LogP contribution in [0, 0.1) is 5.82 Å². The third-order valence-electron chi connectivity index (χ3n) is 4.72. The highest BCUT2D eigenvalue weighted by atomic mass is 79.9. The molecule has 5 aromatic rings. The number of hydrogen-bond acceptors (Lipinski definition) is 7. The van der Waals surface area contributed by atoms with Crippen LogP contribution in [0.15, 0.2) is 77.5 Å². The van der Waals surface area contributed by atoms with E-state index in [4.69, 9.17) is 4.74 Å². The Balaban J connectivity index is 1.53. The number of aromatic nitrogens is 5. The maximum Gasteiger partial charge on any atom is 0.419 e. The molecule has 11 heteroatoms. The summed E-state index contributed by atoms with van der Waals surface area (Å²) < 4.78 is 19.5. The van der Waals surface area contributed by atoms with E-state index in [2.05, 4.69) is 51.7 Å². The fourth-order valence-electron chi connectivity index (χ4n) is 3.17. The van der Waals surface area contributed by atoms with Gasteiger partial charge in [-0.25, -0.2) is 14.2 Å². The number of amides is 1. The molecule has 0 aliphatic carbocycles. The van der Waals surface area contributed by atoms with Crippen LogP contribution in [-0.4, -0.2) is 31.2 Å². The van der Waals surface area contributed by atoms with Crippen molar-refractivity contribution in [3.63, 3.8) is 0 Å². The topological polar surface area (TPSA) is 118 Å². The quantitative estimate of drug-likeness (QED) is 0.273. The Morgan fingerprint density at radius 3 is 2.62 bits per heavy atom. The molecule has 0 bridgehead atoms. The van der Waals surface area contributed by atoms with Crippen molar-refractivity contribution in [1.82, 2.24) is 25.1 Å². The van der Waals surface area contributed by atoms with Crippen molar-refractivity contribution >= 4 is 50.5 Å². The molecule has 0 aliphatic rings. The van der Waals surface area contributed by atoms with Gasteiger partial charge in [-0.15, -0.1) is 0 Å². The number of anilines is 3. The number of carbonyl (C=O) groups is 1. The minimum Gasteiger partial charge on any atom is -0.390 e. The zero-order valence-electron chi connectivity index (χ0n) is 17.3. The van der Waals surface area contributed by atoms with Crippen molar-refractivity contribution in [2.24, 2.45) is 0 Å². The van der Waals surface area contributed by atoms with Crippen molar-refractivity contribution in [2.45, 2.75) is 0 Å². The number of fused-ring (bicyclic) bond motifs is 1. The van der Waals surface area contributed by atoms with Crippen molar-refractivity contribution in [1.29, 1.82) is 0 Å². The second-order valence-corrected chi connectivity index (χ2v) is 7.90. The van der Waals surface area contributed by atoms with E-state index in [1.54, 1.807) is 30.5 Å². The summed E-state index contributed by atoms with van der Waals surface area (Å²) in [7, 11) is 0. The predicted molar refractivity (Wildman–Crippen MR) is 128 cm³/mol. The maximum absolute atomic E-state index is 13.2. The van der Waals surface area contributed by atoms with Crippen LogP contribution in [0.5, 0.6) is 5.88 Å². The third kappa shape index (κ3) is 4.69. The smallest absolute Gasteiger partial charge is 0.390 e. The number of rotatable bonds is 5. The van der Waals surface area contributed by atoms with E-state index < -0.39 is 6.09 Å². The van der Waals surface area contributed by atoms with Gasteiger partial charge in [0.25, 0.3) is 0 Å². The number of nitrogens with zero attached hydrogens (tertiary/aromatic N) is 4. The average Bonchev–Trinajstić information content (AvgIpc) is 3.33. The predicted octanol–water partition coefficient (Wildman–Crippen LogP) is 5.67. The van der Waals surface area contributed by atoms with Gasteiger partial charge >= 0.3 is 6.09 Å². The van der Waals surface area contributed by atoms with E-state index in [9.17, 15) is 9.18 Å². The molecule has 9 nitrogen and oxygen atoms in total. The summed E-state index contributed by atoms with van der Waals surface area (Å²) in [5.74, 6) is 0.346. The van der Waals surface area contributed by atoms with Gasteiger partial charge in [0.2, 0.25) is 11.8 Å². The molecule has 0 saturated carbocycles. The van der Waals surface area contributed by atoms with Gasteiger partial charge in [0.1, 0.15) is 11.6 Å². The van der Waals surface area contributed by atoms with Gasteiger partial charge in [-0.2, -0.15) is 15.1 Å². The number of benzene rings is 2. The lowest BCUT2D eigenvalue weighted by atomic mass is 10.1. The first-order valence-corrected chi connectivity index (χ1v) is 10.8. The van der Waals surface area contributed by atoms with E-state index in [-0.39, 0.29) is 17.6 Å². The lowest BCUT2D eigenvalue weighted by Gasteiger charge is -2.13. The number of pyridine rings is 1. The van der Waals surface area contributed by atoms with Crippen molar-refractivity contribution < 1.29 is 13.9 Å². The lowest BCUT2D eigenvalue weighted by molar-refractivity contribution is 0.213. The zero-order valence-corrected chi connectivity index (χ0v) is 18.9. The van der Waals surface area contributed by atoms with E-state index >= 15 is 0 Å². The Morgan fingerprint density at radius 2 is 1.85 bits per heavy atom. The van der Waals surface area contributed by atoms with Gasteiger partial charge in [0, 0.05) is 38.9 Å². The molecule has 3 heterocycles. The van der Waals surface area contributed by atoms with Crippen molar-refractivity contribution in [3.8, 4) is 17.0 Å². The van der Waals surface area contributed by atoms with E-state index in [0.717, 1.165) is 10.0 Å². The minimum absolute atomic E-state index is 0.0582. The zero-order chi connectivity index (χ0) is 23.5. The van der Waals surface area contributed by atoms with E-state index in [0.29, 0.717) is 28.1 Å². The number of H-pyrrole nitrogens is 1. The van der Waals surface area contributed by atoms with Gasteiger partial charge in [-0.1, -0.05) is 34.1 Å².